The maximum absolute atomic E-state index is 14.8. The molecule has 0 atom stereocenters. The van der Waals surface area contributed by atoms with Crippen molar-refractivity contribution in [1.82, 2.24) is 9.38 Å². The third-order valence-electron chi connectivity index (χ3n) is 15.6. The monoisotopic (exact) mass is 1270 g/mol. The Morgan fingerprint density at radius 3 is 1.12 bits per heavy atom. The molecule has 11 aromatic carbocycles. The Morgan fingerprint density at radius 1 is 0.344 bits per heavy atom. The zero-order valence-electron chi connectivity index (χ0n) is 46.8. The van der Waals surface area contributed by atoms with Gasteiger partial charge in [0.1, 0.15) is 11.4 Å². The van der Waals surface area contributed by atoms with Crippen LogP contribution in [0.5, 0.6) is 5.75 Å². The van der Waals surface area contributed by atoms with Gasteiger partial charge in [0.05, 0.1) is 16.6 Å². The van der Waals surface area contributed by atoms with Gasteiger partial charge in [0.25, 0.3) is 0 Å². The fraction of sp³-hybridized carbons (Fsp3) is 0.0563. The van der Waals surface area contributed by atoms with Crippen LogP contribution in [0.1, 0.15) is 0 Å². The normalized spacial score (nSPS) is 12.7. The van der Waals surface area contributed by atoms with E-state index in [4.69, 9.17) is 4.98 Å². The smallest absolute Gasteiger partial charge is 0.378 e. The summed E-state index contributed by atoms with van der Waals surface area (Å²) in [5.41, 5.74) is 9.52. The molecule has 0 radical (unpaired) electrons. The van der Waals surface area contributed by atoms with Crippen molar-refractivity contribution in [2.45, 2.75) is 23.3 Å². The largest absolute Gasteiger partial charge is 0.460 e. The molecule has 0 aliphatic carbocycles. The molecule has 0 unspecified atom stereocenters. The zero-order valence-corrected chi connectivity index (χ0v) is 49.4. The highest BCUT2D eigenvalue weighted by Crippen LogP contribution is 2.55. The van der Waals surface area contributed by atoms with Gasteiger partial charge in [-0.2, -0.15) is 47.9 Å². The molecule has 0 fully saturated rings. The van der Waals surface area contributed by atoms with Gasteiger partial charge in [0.15, 0.2) is 14.3 Å². The van der Waals surface area contributed by atoms with Gasteiger partial charge in [-0.05, 0) is 81.2 Å². The predicted octanol–water partition coefficient (Wildman–Crippen LogP) is 16.9. The van der Waals surface area contributed by atoms with Gasteiger partial charge in [-0.15, -0.1) is 0 Å². The van der Waals surface area contributed by atoms with Gasteiger partial charge in [-0.1, -0.05) is 243 Å². The molecule has 0 N–H and O–H groups in total. The molecule has 0 aliphatic heterocycles. The lowest BCUT2D eigenvalue weighted by atomic mass is 9.97. The summed E-state index contributed by atoms with van der Waals surface area (Å²) in [6, 6.07) is 87.4. The van der Waals surface area contributed by atoms with Crippen LogP contribution in [0.4, 0.5) is 39.5 Å². The second-order valence-corrected chi connectivity index (χ2v) is 28.1. The van der Waals surface area contributed by atoms with Crippen molar-refractivity contribution in [3.8, 4) is 39.1 Å². The Balaban J connectivity index is 0.000000175. The Hall–Kier alpha value is -9.53. The number of rotatable bonds is 14. The van der Waals surface area contributed by atoms with Crippen molar-refractivity contribution in [2.24, 2.45) is 0 Å². The Morgan fingerprint density at radius 2 is 0.689 bits per heavy atom. The number of pyridine rings is 1. The minimum atomic E-state index is -7.41. The molecular weight excluding hydrogens is 1230 g/mol. The maximum atomic E-state index is 14.8. The van der Waals surface area contributed by atoms with E-state index in [0.29, 0.717) is 39.2 Å². The summed E-state index contributed by atoms with van der Waals surface area (Å²) in [6.07, 6.45) is -7.19. The van der Waals surface area contributed by atoms with E-state index in [1.807, 2.05) is 78.9 Å². The Bertz CT molecular complexity index is 4900. The summed E-state index contributed by atoms with van der Waals surface area (Å²) in [5.74, 6) is -15.9. The number of imidazole rings is 1. The minimum Gasteiger partial charge on any atom is -0.378 e. The van der Waals surface area contributed by atoms with Gasteiger partial charge in [0.2, 0.25) is 0 Å². The fourth-order valence-corrected chi connectivity index (χ4v) is 17.1. The van der Waals surface area contributed by atoms with E-state index in [1.54, 1.807) is 84.9 Å². The molecular formula is C71H47F9N2O5P2S. The van der Waals surface area contributed by atoms with Crippen LogP contribution in [0.25, 0.3) is 71.7 Å². The third-order valence-corrected chi connectivity index (χ3v) is 23.0. The van der Waals surface area contributed by atoms with Crippen LogP contribution in [0.3, 0.4) is 0 Å². The summed E-state index contributed by atoms with van der Waals surface area (Å²) in [5, 5.41) is 0.668. The highest BCUT2D eigenvalue weighted by atomic mass is 32.2. The molecule has 0 bridgehead atoms. The number of fused-ring (bicyclic) bond motifs is 8. The quantitative estimate of drug-likeness (QED) is 0.0466. The molecule has 0 spiro atoms. The van der Waals surface area contributed by atoms with E-state index in [9.17, 15) is 57.1 Å². The minimum absolute atomic E-state index is 0.297. The molecule has 450 valence electrons. The Labute approximate surface area is 510 Å². The number of hydrogen-bond acceptors (Lipinski definition) is 6. The van der Waals surface area contributed by atoms with Gasteiger partial charge >= 0.3 is 33.4 Å². The van der Waals surface area contributed by atoms with Crippen molar-refractivity contribution in [1.29, 1.82) is 0 Å². The van der Waals surface area contributed by atoms with E-state index in [-0.39, 0.29) is 0 Å². The molecule has 13 aromatic rings. The van der Waals surface area contributed by atoms with Gasteiger partial charge < -0.3 is 13.3 Å². The number of hydrogen-bond donors (Lipinski definition) is 0. The SMILES string of the molecule is O=P(c1ccccc1)(c1ccccc1)c1ccc(-c2ccc(-c3ccc4c(c3)c3ccccc3n3c5ccccc5nc43)cc2)cc1.O=P(c1ccccc1)(c1ccccc1)c1ccc(-c2ccc(OS(=O)(=O)C(F)(F)C(F)(F)C(F)(F)C(F)(F)F)cc2)cc1. The number of nitrogens with zero attached hydrogens (tertiary/aromatic N) is 2. The third kappa shape index (κ3) is 10.6. The summed E-state index contributed by atoms with van der Waals surface area (Å²) in [4.78, 5) is 5.04. The van der Waals surface area contributed by atoms with Crippen molar-refractivity contribution < 1.29 is 61.2 Å². The van der Waals surface area contributed by atoms with Crippen LogP contribution >= 0.6 is 14.3 Å². The maximum Gasteiger partial charge on any atom is 0.460 e. The van der Waals surface area contributed by atoms with Crippen LogP contribution in [-0.4, -0.2) is 41.1 Å². The number of halogens is 9. The first-order valence-corrected chi connectivity index (χ1v) is 32.6. The van der Waals surface area contributed by atoms with E-state index in [2.05, 4.69) is 106 Å². The van der Waals surface area contributed by atoms with Crippen LogP contribution in [-0.2, 0) is 19.2 Å². The number of benzene rings is 11. The standard InChI is InChI=1S/C43H29N2OP.C28H18F9O4PS/c46-47(34-11-3-1-4-12-34,35-13-5-2-6-14-35)36-26-23-31(24-27-36)30-19-21-32(22-20-30)33-25-28-38-39(29-33)37-15-7-9-17-41(37)45-42-18-10-8-16-40(42)44-43(38)45;29-25(30,27(33,34)35)26(31,32)28(36,37)43(39,40)41-21-15-11-19(12-16-21)20-13-17-24(18-14-20)42(38,22-7-3-1-4-8-22)23-9-5-2-6-10-23/h1-29H;1-18H. The molecule has 0 saturated carbocycles. The van der Waals surface area contributed by atoms with Gasteiger partial charge in [-0.25, -0.2) is 4.98 Å². The fourth-order valence-electron chi connectivity index (χ4n) is 10.9. The summed E-state index contributed by atoms with van der Waals surface area (Å²) in [6.45, 7) is 0. The molecule has 19 heteroatoms. The van der Waals surface area contributed by atoms with Crippen molar-refractivity contribution >= 4 is 94.6 Å². The number of aromatic nitrogens is 2. The second kappa shape index (κ2) is 23.4. The molecule has 90 heavy (non-hydrogen) atoms. The van der Waals surface area contributed by atoms with E-state index in [0.717, 1.165) is 77.9 Å². The van der Waals surface area contributed by atoms with Crippen molar-refractivity contribution in [2.75, 3.05) is 0 Å². The molecule has 13 rings (SSSR count). The lowest BCUT2D eigenvalue weighted by Gasteiger charge is -2.32. The van der Waals surface area contributed by atoms with Crippen molar-refractivity contribution in [3.05, 3.63) is 285 Å². The van der Waals surface area contributed by atoms with Crippen LogP contribution in [0, 0.1) is 0 Å². The lowest BCUT2D eigenvalue weighted by molar-refractivity contribution is -0.382. The first-order valence-electron chi connectivity index (χ1n) is 27.8. The summed E-state index contributed by atoms with van der Waals surface area (Å²) < 4.78 is 177. The highest BCUT2D eigenvalue weighted by Gasteiger charge is 2.86. The summed E-state index contributed by atoms with van der Waals surface area (Å²) in [7, 11) is -13.4. The van der Waals surface area contributed by atoms with Gasteiger partial charge in [-0.3, -0.25) is 4.40 Å². The van der Waals surface area contributed by atoms with E-state index >= 15 is 0 Å². The lowest BCUT2D eigenvalue weighted by Crippen LogP contribution is -2.63. The van der Waals surface area contributed by atoms with E-state index in [1.165, 1.54) is 10.8 Å². The molecule has 2 aromatic heterocycles. The topological polar surface area (TPSA) is 94.8 Å². The Kier molecular flexibility index (Phi) is 15.8. The first-order chi connectivity index (χ1) is 43.0. The highest BCUT2D eigenvalue weighted by molar-refractivity contribution is 7.88. The molecule has 0 amide bonds. The number of alkyl halides is 9. The first kappa shape index (κ1) is 60.7. The van der Waals surface area contributed by atoms with Crippen molar-refractivity contribution in [3.63, 3.8) is 0 Å². The second-order valence-electron chi connectivity index (χ2n) is 21.0. The predicted molar refractivity (Wildman–Crippen MR) is 340 cm³/mol. The van der Waals surface area contributed by atoms with Crippen LogP contribution < -0.4 is 36.0 Å². The summed E-state index contributed by atoms with van der Waals surface area (Å²) >= 11 is 0. The molecule has 0 saturated heterocycles. The molecule has 2 heterocycles. The van der Waals surface area contributed by atoms with E-state index < -0.39 is 53.4 Å². The average molecular weight is 1270 g/mol. The zero-order chi connectivity index (χ0) is 63.3. The molecule has 7 nitrogen and oxygen atoms in total. The van der Waals surface area contributed by atoms with Crippen LogP contribution in [0.15, 0.2) is 285 Å². The van der Waals surface area contributed by atoms with Crippen LogP contribution in [0.2, 0.25) is 0 Å². The molecule has 0 aliphatic rings. The number of para-hydroxylation sites is 3. The average Bonchev–Trinajstić information content (AvgIpc) is 1.21. The van der Waals surface area contributed by atoms with Gasteiger partial charge in [0, 0.05) is 42.6 Å².